The van der Waals surface area contributed by atoms with Gasteiger partial charge in [-0.3, -0.25) is 0 Å². The van der Waals surface area contributed by atoms with Crippen LogP contribution in [0.3, 0.4) is 0 Å². The number of hydrogen-bond acceptors (Lipinski definition) is 3. The van der Waals surface area contributed by atoms with Crippen molar-refractivity contribution in [3.63, 3.8) is 0 Å². The van der Waals surface area contributed by atoms with Crippen LogP contribution in [-0.4, -0.2) is 31.0 Å². The van der Waals surface area contributed by atoms with Crippen molar-refractivity contribution in [1.82, 2.24) is 15.0 Å². The molecule has 0 aliphatic heterocycles. The summed E-state index contributed by atoms with van der Waals surface area (Å²) in [6.45, 7) is 0. The van der Waals surface area contributed by atoms with Gasteiger partial charge in [-0.2, -0.15) is 0 Å². The van der Waals surface area contributed by atoms with Crippen molar-refractivity contribution in [2.45, 2.75) is 0 Å². The normalized spacial score (nSPS) is 10.9. The van der Waals surface area contributed by atoms with E-state index in [0.717, 1.165) is 49.0 Å². The summed E-state index contributed by atoms with van der Waals surface area (Å²) in [5, 5.41) is 0. The molecule has 204 valence electrons. The van der Waals surface area contributed by atoms with E-state index in [0.29, 0.717) is 17.5 Å². The molecule has 0 atom stereocenters. The van der Waals surface area contributed by atoms with Crippen LogP contribution >= 0.6 is 0 Å². The zero-order chi connectivity index (χ0) is 29.0. The number of benzene rings is 6. The Labute approximate surface area is 259 Å². The van der Waals surface area contributed by atoms with E-state index < -0.39 is 0 Å². The van der Waals surface area contributed by atoms with Crippen LogP contribution in [0.15, 0.2) is 158 Å². The molecule has 0 saturated carbocycles. The number of nitrogens with zero attached hydrogens (tertiary/aromatic N) is 3. The van der Waals surface area contributed by atoms with Crippen LogP contribution in [0, 0.1) is 0 Å². The van der Waals surface area contributed by atoms with Gasteiger partial charge in [0.05, 0.1) is 0 Å². The summed E-state index contributed by atoms with van der Waals surface area (Å²) in [7, 11) is 0. The fraction of sp³-hybridized carbons (Fsp3) is 0. The first-order valence-corrected chi connectivity index (χ1v) is 15.1. The molecular formula is C39H27N3Se. The number of aromatic nitrogens is 3. The van der Waals surface area contributed by atoms with Crippen LogP contribution in [0.4, 0.5) is 0 Å². The van der Waals surface area contributed by atoms with E-state index in [2.05, 4.69) is 156 Å². The van der Waals surface area contributed by atoms with E-state index in [1.54, 1.807) is 0 Å². The summed E-state index contributed by atoms with van der Waals surface area (Å²) >= 11 is 2.73. The molecule has 0 bridgehead atoms. The van der Waals surface area contributed by atoms with E-state index in [-0.39, 0.29) is 0 Å². The quantitative estimate of drug-likeness (QED) is 0.176. The van der Waals surface area contributed by atoms with Gasteiger partial charge in [-0.15, -0.1) is 0 Å². The number of hydrogen-bond donors (Lipinski definition) is 0. The van der Waals surface area contributed by atoms with Gasteiger partial charge in [-0.25, -0.2) is 0 Å². The zero-order valence-electron chi connectivity index (χ0n) is 23.3. The monoisotopic (exact) mass is 617 g/mol. The van der Waals surface area contributed by atoms with Crippen LogP contribution < -0.4 is 4.46 Å². The summed E-state index contributed by atoms with van der Waals surface area (Å²) in [5.41, 5.74) is 9.74. The third-order valence-electron chi connectivity index (χ3n) is 7.48. The van der Waals surface area contributed by atoms with Crippen molar-refractivity contribution in [2.24, 2.45) is 0 Å². The van der Waals surface area contributed by atoms with Gasteiger partial charge in [0.2, 0.25) is 0 Å². The zero-order valence-corrected chi connectivity index (χ0v) is 25.2. The van der Waals surface area contributed by atoms with E-state index in [1.807, 2.05) is 18.2 Å². The second-order valence-corrected chi connectivity index (χ2v) is 11.2. The number of rotatable bonds is 6. The van der Waals surface area contributed by atoms with Crippen molar-refractivity contribution in [3.8, 4) is 67.5 Å². The molecule has 1 aromatic heterocycles. The average Bonchev–Trinajstić information content (AvgIpc) is 3.09. The molecule has 0 saturated heterocycles. The van der Waals surface area contributed by atoms with Crippen LogP contribution in [0.1, 0.15) is 0 Å². The van der Waals surface area contributed by atoms with E-state index >= 15 is 0 Å². The molecule has 0 N–H and O–H groups in total. The van der Waals surface area contributed by atoms with Gasteiger partial charge in [-0.05, 0) is 0 Å². The summed E-state index contributed by atoms with van der Waals surface area (Å²) < 4.78 is 1.07. The third kappa shape index (κ3) is 5.67. The predicted octanol–water partition coefficient (Wildman–Crippen LogP) is 8.40. The van der Waals surface area contributed by atoms with Crippen molar-refractivity contribution in [3.05, 3.63) is 158 Å². The standard InChI is InChI=1S/C39H27N3Se/c43-36-34(30-16-8-3-9-17-30)20-11-21-35(36)39-41-37(31-24-22-29(23-25-31)27-12-4-1-5-13-27)40-38(42-39)33-19-10-18-32(26-33)28-14-6-2-7-15-28/h1-26,43H. The van der Waals surface area contributed by atoms with E-state index in [1.165, 1.54) is 5.56 Å². The van der Waals surface area contributed by atoms with Gasteiger partial charge >= 0.3 is 255 Å². The Balaban J connectivity index is 1.37. The van der Waals surface area contributed by atoms with Gasteiger partial charge in [0, 0.05) is 0 Å². The van der Waals surface area contributed by atoms with E-state index in [4.69, 9.17) is 15.0 Å². The molecule has 3 nitrogen and oxygen atoms in total. The van der Waals surface area contributed by atoms with Crippen molar-refractivity contribution in [1.29, 1.82) is 0 Å². The van der Waals surface area contributed by atoms with Gasteiger partial charge in [0.1, 0.15) is 0 Å². The molecule has 0 unspecified atom stereocenters. The minimum absolute atomic E-state index is 0.641. The first-order valence-electron chi connectivity index (χ1n) is 14.2. The van der Waals surface area contributed by atoms with Crippen LogP contribution in [0.25, 0.3) is 67.5 Å². The molecule has 43 heavy (non-hydrogen) atoms. The average molecular weight is 617 g/mol. The Morgan fingerprint density at radius 3 is 1.37 bits per heavy atom. The Hall–Kier alpha value is -5.15. The second kappa shape index (κ2) is 12.0. The summed E-state index contributed by atoms with van der Waals surface area (Å²) in [6, 6.07) is 54.3. The van der Waals surface area contributed by atoms with Crippen molar-refractivity contribution < 1.29 is 0 Å². The fourth-order valence-corrected chi connectivity index (χ4v) is 6.03. The van der Waals surface area contributed by atoms with Gasteiger partial charge in [0.15, 0.2) is 0 Å². The molecule has 7 aromatic rings. The summed E-state index contributed by atoms with van der Waals surface area (Å²) in [5.74, 6) is 1.93. The molecule has 0 fully saturated rings. The molecule has 0 aliphatic rings. The van der Waals surface area contributed by atoms with Crippen LogP contribution in [0.5, 0.6) is 0 Å². The first kappa shape index (κ1) is 26.7. The van der Waals surface area contributed by atoms with Crippen LogP contribution in [0.2, 0.25) is 0 Å². The predicted molar refractivity (Wildman–Crippen MR) is 179 cm³/mol. The van der Waals surface area contributed by atoms with Gasteiger partial charge in [-0.1, -0.05) is 6.07 Å². The van der Waals surface area contributed by atoms with Crippen LogP contribution in [-0.2, 0) is 0 Å². The maximum atomic E-state index is 5.06. The Morgan fingerprint density at radius 1 is 0.302 bits per heavy atom. The molecule has 7 rings (SSSR count). The molecule has 0 aliphatic carbocycles. The molecule has 0 amide bonds. The topological polar surface area (TPSA) is 38.7 Å². The Bertz CT molecular complexity index is 2010. The Morgan fingerprint density at radius 2 is 0.721 bits per heavy atom. The molecule has 0 radical (unpaired) electrons. The molecule has 0 spiro atoms. The van der Waals surface area contributed by atoms with Crippen molar-refractivity contribution in [2.75, 3.05) is 0 Å². The summed E-state index contributed by atoms with van der Waals surface area (Å²) in [4.78, 5) is 15.1. The molecule has 4 heteroatoms. The van der Waals surface area contributed by atoms with Crippen molar-refractivity contribution >= 4 is 20.5 Å². The summed E-state index contributed by atoms with van der Waals surface area (Å²) in [6.07, 6.45) is 0. The van der Waals surface area contributed by atoms with E-state index in [9.17, 15) is 0 Å². The third-order valence-corrected chi connectivity index (χ3v) is 8.49. The second-order valence-electron chi connectivity index (χ2n) is 10.3. The fourth-order valence-electron chi connectivity index (χ4n) is 5.24. The minimum atomic E-state index is 0.641. The molecule has 1 heterocycles. The maximum absolute atomic E-state index is 5.06. The molecule has 6 aromatic carbocycles. The van der Waals surface area contributed by atoms with Gasteiger partial charge < -0.3 is 0 Å². The SMILES string of the molecule is [SeH]c1c(-c2ccccc2)cccc1-c1nc(-c2ccc(-c3ccccc3)cc2)nc(-c2cccc(-c3ccccc3)c2)n1. The first-order chi connectivity index (χ1) is 21.2. The van der Waals surface area contributed by atoms with Gasteiger partial charge in [0.25, 0.3) is 0 Å². The molecular weight excluding hydrogens is 589 g/mol. The Kier molecular flexibility index (Phi) is 7.45.